The highest BCUT2D eigenvalue weighted by atomic mass is 16.5. The minimum absolute atomic E-state index is 0.453. The molecule has 2 aromatic rings. The number of hydrogen-bond acceptors (Lipinski definition) is 3. The third-order valence-electron chi connectivity index (χ3n) is 3.33. The average Bonchev–Trinajstić information content (AvgIpc) is 2.41. The summed E-state index contributed by atoms with van der Waals surface area (Å²) in [5.41, 5.74) is 3.10. The van der Waals surface area contributed by atoms with Gasteiger partial charge >= 0.3 is 0 Å². The second-order valence-corrected chi connectivity index (χ2v) is 5.39. The standard InChI is InChI=1S/C17H21NO2/c1-11(2)14-6-5-12(3)16(9-14)20-17-10-15(13(4)19)7-8-18-17/h5-11,13,19H,1-4H3/t13-/m0/s1. The molecule has 0 amide bonds. The van der Waals surface area contributed by atoms with Crippen molar-refractivity contribution in [2.24, 2.45) is 0 Å². The Morgan fingerprint density at radius 3 is 2.45 bits per heavy atom. The smallest absolute Gasteiger partial charge is 0.219 e. The van der Waals surface area contributed by atoms with Gasteiger partial charge in [0.15, 0.2) is 0 Å². The van der Waals surface area contributed by atoms with E-state index in [1.807, 2.05) is 6.92 Å². The molecule has 2 rings (SSSR count). The van der Waals surface area contributed by atoms with Crippen molar-refractivity contribution in [3.63, 3.8) is 0 Å². The van der Waals surface area contributed by atoms with Gasteiger partial charge in [0.05, 0.1) is 6.10 Å². The van der Waals surface area contributed by atoms with Gasteiger partial charge < -0.3 is 9.84 Å². The molecule has 0 fully saturated rings. The highest BCUT2D eigenvalue weighted by molar-refractivity contribution is 5.40. The fourth-order valence-electron chi connectivity index (χ4n) is 1.94. The molecule has 0 aliphatic heterocycles. The third-order valence-corrected chi connectivity index (χ3v) is 3.33. The number of nitrogens with zero attached hydrogens (tertiary/aromatic N) is 1. The van der Waals surface area contributed by atoms with Crippen LogP contribution in [0.25, 0.3) is 0 Å². The van der Waals surface area contributed by atoms with Crippen LogP contribution in [0.4, 0.5) is 0 Å². The highest BCUT2D eigenvalue weighted by Gasteiger charge is 2.08. The van der Waals surface area contributed by atoms with Crippen LogP contribution in [0.15, 0.2) is 36.5 Å². The molecule has 0 unspecified atom stereocenters. The fourth-order valence-corrected chi connectivity index (χ4v) is 1.94. The predicted octanol–water partition coefficient (Wildman–Crippen LogP) is 4.36. The molecule has 1 heterocycles. The maximum Gasteiger partial charge on any atom is 0.219 e. The summed E-state index contributed by atoms with van der Waals surface area (Å²) in [7, 11) is 0. The molecule has 20 heavy (non-hydrogen) atoms. The maximum atomic E-state index is 9.60. The van der Waals surface area contributed by atoms with E-state index in [-0.39, 0.29) is 0 Å². The molecule has 0 aliphatic carbocycles. The van der Waals surface area contributed by atoms with E-state index in [1.165, 1.54) is 5.56 Å². The number of pyridine rings is 1. The quantitative estimate of drug-likeness (QED) is 0.898. The number of aryl methyl sites for hydroxylation is 1. The predicted molar refractivity (Wildman–Crippen MR) is 80.2 cm³/mol. The first-order valence-corrected chi connectivity index (χ1v) is 6.90. The zero-order valence-electron chi connectivity index (χ0n) is 12.4. The van der Waals surface area contributed by atoms with Crippen molar-refractivity contribution in [3.05, 3.63) is 53.2 Å². The van der Waals surface area contributed by atoms with Crippen molar-refractivity contribution in [2.75, 3.05) is 0 Å². The van der Waals surface area contributed by atoms with E-state index in [0.29, 0.717) is 11.8 Å². The number of ether oxygens (including phenoxy) is 1. The SMILES string of the molecule is Cc1ccc(C(C)C)cc1Oc1cc([C@H](C)O)ccn1. The third kappa shape index (κ3) is 3.36. The molecule has 1 N–H and O–H groups in total. The molecule has 1 aromatic heterocycles. The number of rotatable bonds is 4. The van der Waals surface area contributed by atoms with Crippen LogP contribution in [0.3, 0.4) is 0 Å². The number of benzene rings is 1. The highest BCUT2D eigenvalue weighted by Crippen LogP contribution is 2.28. The summed E-state index contributed by atoms with van der Waals surface area (Å²) in [6.07, 6.45) is 1.13. The maximum absolute atomic E-state index is 9.60. The van der Waals surface area contributed by atoms with Crippen LogP contribution in [0.1, 0.15) is 49.5 Å². The van der Waals surface area contributed by atoms with Gasteiger partial charge in [-0.05, 0) is 48.6 Å². The zero-order valence-corrected chi connectivity index (χ0v) is 12.4. The van der Waals surface area contributed by atoms with E-state index >= 15 is 0 Å². The first-order valence-electron chi connectivity index (χ1n) is 6.90. The molecule has 0 bridgehead atoms. The van der Waals surface area contributed by atoms with Gasteiger partial charge in [-0.1, -0.05) is 26.0 Å². The minimum Gasteiger partial charge on any atom is -0.439 e. The van der Waals surface area contributed by atoms with Gasteiger partial charge in [-0.3, -0.25) is 0 Å². The van der Waals surface area contributed by atoms with E-state index in [4.69, 9.17) is 4.74 Å². The van der Waals surface area contributed by atoms with Crippen LogP contribution in [0.2, 0.25) is 0 Å². The summed E-state index contributed by atoms with van der Waals surface area (Å²) in [5, 5.41) is 9.60. The molecule has 106 valence electrons. The number of aromatic nitrogens is 1. The average molecular weight is 271 g/mol. The van der Waals surface area contributed by atoms with Gasteiger partial charge in [0.2, 0.25) is 5.88 Å². The van der Waals surface area contributed by atoms with Crippen molar-refractivity contribution < 1.29 is 9.84 Å². The van der Waals surface area contributed by atoms with Crippen molar-refractivity contribution in [2.45, 2.75) is 39.7 Å². The summed E-state index contributed by atoms with van der Waals surface area (Å²) in [6, 6.07) is 9.79. The summed E-state index contributed by atoms with van der Waals surface area (Å²) >= 11 is 0. The summed E-state index contributed by atoms with van der Waals surface area (Å²) in [6.45, 7) is 8.04. The molecule has 0 saturated heterocycles. The van der Waals surface area contributed by atoms with Crippen LogP contribution in [0, 0.1) is 6.92 Å². The summed E-state index contributed by atoms with van der Waals surface area (Å²) in [4.78, 5) is 4.20. The lowest BCUT2D eigenvalue weighted by Gasteiger charge is -2.13. The molecule has 3 nitrogen and oxygen atoms in total. The van der Waals surface area contributed by atoms with Gasteiger partial charge in [-0.25, -0.2) is 4.98 Å². The molecule has 1 aromatic carbocycles. The molecular weight excluding hydrogens is 250 g/mol. The van der Waals surface area contributed by atoms with Crippen molar-refractivity contribution >= 4 is 0 Å². The van der Waals surface area contributed by atoms with Crippen LogP contribution >= 0.6 is 0 Å². The molecular formula is C17H21NO2. The van der Waals surface area contributed by atoms with Crippen LogP contribution in [0.5, 0.6) is 11.6 Å². The largest absolute Gasteiger partial charge is 0.439 e. The Labute approximate surface area is 120 Å². The monoisotopic (exact) mass is 271 g/mol. The lowest BCUT2D eigenvalue weighted by molar-refractivity contribution is 0.198. The van der Waals surface area contributed by atoms with Gasteiger partial charge in [-0.15, -0.1) is 0 Å². The van der Waals surface area contributed by atoms with E-state index in [1.54, 1.807) is 25.3 Å². The Hall–Kier alpha value is -1.87. The first-order chi connectivity index (χ1) is 9.47. The topological polar surface area (TPSA) is 42.4 Å². The Morgan fingerprint density at radius 1 is 1.05 bits per heavy atom. The summed E-state index contributed by atoms with van der Waals surface area (Å²) < 4.78 is 5.87. The lowest BCUT2D eigenvalue weighted by Crippen LogP contribution is -1.96. The number of aliphatic hydroxyl groups is 1. The second kappa shape index (κ2) is 6.06. The number of aliphatic hydroxyl groups excluding tert-OH is 1. The van der Waals surface area contributed by atoms with Crippen molar-refractivity contribution in [3.8, 4) is 11.6 Å². The lowest BCUT2D eigenvalue weighted by atomic mass is 10.0. The molecule has 0 radical (unpaired) electrons. The van der Waals surface area contributed by atoms with Crippen LogP contribution in [-0.2, 0) is 0 Å². The van der Waals surface area contributed by atoms with E-state index < -0.39 is 6.10 Å². The van der Waals surface area contributed by atoms with Gasteiger partial charge in [-0.2, -0.15) is 0 Å². The molecule has 1 atom stereocenters. The van der Waals surface area contributed by atoms with Crippen molar-refractivity contribution in [1.82, 2.24) is 4.98 Å². The molecule has 0 saturated carbocycles. The first kappa shape index (κ1) is 14.5. The second-order valence-electron chi connectivity index (χ2n) is 5.39. The van der Waals surface area contributed by atoms with Crippen molar-refractivity contribution in [1.29, 1.82) is 0 Å². The van der Waals surface area contributed by atoms with Crippen LogP contribution < -0.4 is 4.74 Å². The Morgan fingerprint density at radius 2 is 1.80 bits per heavy atom. The molecule has 0 spiro atoms. The zero-order chi connectivity index (χ0) is 14.7. The number of hydrogen-bond donors (Lipinski definition) is 1. The normalized spacial score (nSPS) is 12.5. The Balaban J connectivity index is 2.29. The fraction of sp³-hybridized carbons (Fsp3) is 0.353. The van der Waals surface area contributed by atoms with E-state index in [0.717, 1.165) is 16.9 Å². The van der Waals surface area contributed by atoms with E-state index in [9.17, 15) is 5.11 Å². The van der Waals surface area contributed by atoms with E-state index in [2.05, 4.69) is 37.0 Å². The Bertz CT molecular complexity index is 591. The Kier molecular flexibility index (Phi) is 4.40. The molecule has 3 heteroatoms. The van der Waals surface area contributed by atoms with Gasteiger partial charge in [0.25, 0.3) is 0 Å². The van der Waals surface area contributed by atoms with Crippen LogP contribution in [-0.4, -0.2) is 10.1 Å². The summed E-state index contributed by atoms with van der Waals surface area (Å²) in [5.74, 6) is 1.77. The van der Waals surface area contributed by atoms with Gasteiger partial charge in [0.1, 0.15) is 5.75 Å². The minimum atomic E-state index is -0.525. The van der Waals surface area contributed by atoms with Gasteiger partial charge in [0, 0.05) is 12.3 Å². The molecule has 0 aliphatic rings.